The zero-order valence-corrected chi connectivity index (χ0v) is 16.8. The normalized spacial score (nSPS) is 10.6. The number of aromatic nitrogens is 1. The number of hydrogen-bond donors (Lipinski definition) is 2. The first-order valence-electron chi connectivity index (χ1n) is 8.62. The second-order valence-corrected chi connectivity index (χ2v) is 8.11. The number of benzene rings is 2. The number of anilines is 1. The largest absolute Gasteiger partial charge is 0.352 e. The molecule has 0 atom stereocenters. The molecule has 3 aromatic rings. The van der Waals surface area contributed by atoms with Crippen LogP contribution in [0.3, 0.4) is 0 Å². The minimum absolute atomic E-state index is 0.125. The third-order valence-electron chi connectivity index (χ3n) is 3.73. The summed E-state index contributed by atoms with van der Waals surface area (Å²) in [6.07, 6.45) is 0.125. The Morgan fingerprint density at radius 3 is 2.31 bits per heavy atom. The van der Waals surface area contributed by atoms with E-state index in [0.29, 0.717) is 22.3 Å². The van der Waals surface area contributed by atoms with Gasteiger partial charge in [-0.1, -0.05) is 23.9 Å². The minimum atomic E-state index is -0.366. The highest BCUT2D eigenvalue weighted by atomic mass is 32.2. The van der Waals surface area contributed by atoms with Gasteiger partial charge in [0.2, 0.25) is 11.8 Å². The highest BCUT2D eigenvalue weighted by molar-refractivity contribution is 8.01. The van der Waals surface area contributed by atoms with E-state index < -0.39 is 0 Å². The van der Waals surface area contributed by atoms with E-state index in [0.717, 1.165) is 5.56 Å². The van der Waals surface area contributed by atoms with Crippen molar-refractivity contribution in [3.63, 3.8) is 0 Å². The lowest BCUT2D eigenvalue weighted by Crippen LogP contribution is -2.24. The number of rotatable bonds is 8. The summed E-state index contributed by atoms with van der Waals surface area (Å²) in [7, 11) is 0. The van der Waals surface area contributed by atoms with Gasteiger partial charge >= 0.3 is 0 Å². The van der Waals surface area contributed by atoms with Gasteiger partial charge in [-0.25, -0.2) is 13.8 Å². The van der Waals surface area contributed by atoms with Gasteiger partial charge in [0.1, 0.15) is 11.6 Å². The number of carbonyl (C=O) groups excluding carboxylic acids is 2. The Morgan fingerprint density at radius 1 is 0.966 bits per heavy atom. The zero-order valence-electron chi connectivity index (χ0n) is 15.2. The molecule has 0 aliphatic heterocycles. The van der Waals surface area contributed by atoms with Crippen molar-refractivity contribution < 1.29 is 18.4 Å². The van der Waals surface area contributed by atoms with E-state index in [-0.39, 0.29) is 35.6 Å². The molecule has 2 N–H and O–H groups in total. The molecule has 0 bridgehead atoms. The number of carbonyl (C=O) groups is 2. The van der Waals surface area contributed by atoms with Crippen LogP contribution < -0.4 is 10.6 Å². The monoisotopic (exact) mass is 433 g/mol. The Kier molecular flexibility index (Phi) is 7.31. The van der Waals surface area contributed by atoms with Crippen molar-refractivity contribution in [2.24, 2.45) is 0 Å². The summed E-state index contributed by atoms with van der Waals surface area (Å²) in [4.78, 5) is 28.3. The van der Waals surface area contributed by atoms with Crippen molar-refractivity contribution in [2.75, 3.05) is 11.1 Å². The average Bonchev–Trinajstić information content (AvgIpc) is 3.15. The molecule has 0 aliphatic carbocycles. The maximum absolute atomic E-state index is 12.9. The fourth-order valence-electron chi connectivity index (χ4n) is 2.32. The summed E-state index contributed by atoms with van der Waals surface area (Å²) in [5.41, 5.74) is 1.95. The molecule has 0 unspecified atom stereocenters. The Morgan fingerprint density at radius 2 is 1.62 bits per heavy atom. The molecule has 1 heterocycles. The van der Waals surface area contributed by atoms with E-state index in [1.165, 1.54) is 59.5 Å². The third-order valence-corrected chi connectivity index (χ3v) is 5.80. The van der Waals surface area contributed by atoms with E-state index in [9.17, 15) is 18.4 Å². The van der Waals surface area contributed by atoms with Crippen LogP contribution in [-0.2, 0) is 22.6 Å². The molecule has 9 heteroatoms. The Balaban J connectivity index is 1.41. The van der Waals surface area contributed by atoms with Crippen molar-refractivity contribution in [1.29, 1.82) is 0 Å². The lowest BCUT2D eigenvalue weighted by Gasteiger charge is -2.04. The second kappa shape index (κ2) is 10.1. The van der Waals surface area contributed by atoms with E-state index in [1.807, 2.05) is 0 Å². The van der Waals surface area contributed by atoms with Crippen LogP contribution in [0.4, 0.5) is 14.5 Å². The summed E-state index contributed by atoms with van der Waals surface area (Å²) in [5.74, 6) is -0.949. The maximum atomic E-state index is 12.9. The number of halogens is 2. The maximum Gasteiger partial charge on any atom is 0.234 e. The van der Waals surface area contributed by atoms with E-state index in [4.69, 9.17) is 0 Å². The van der Waals surface area contributed by atoms with E-state index in [2.05, 4.69) is 15.6 Å². The summed E-state index contributed by atoms with van der Waals surface area (Å²) in [6, 6.07) is 11.4. The predicted molar refractivity (Wildman–Crippen MR) is 110 cm³/mol. The van der Waals surface area contributed by atoms with Gasteiger partial charge in [-0.15, -0.1) is 11.3 Å². The lowest BCUT2D eigenvalue weighted by molar-refractivity contribution is -0.120. The number of amides is 2. The summed E-state index contributed by atoms with van der Waals surface area (Å²) >= 11 is 2.62. The van der Waals surface area contributed by atoms with Crippen LogP contribution in [-0.4, -0.2) is 22.6 Å². The van der Waals surface area contributed by atoms with Gasteiger partial charge in [-0.2, -0.15) is 0 Å². The van der Waals surface area contributed by atoms with Gasteiger partial charge in [0.05, 0.1) is 17.9 Å². The highest BCUT2D eigenvalue weighted by Gasteiger charge is 2.10. The van der Waals surface area contributed by atoms with Crippen molar-refractivity contribution in [1.82, 2.24) is 10.3 Å². The molecular formula is C20H17F2N3O2S2. The average molecular weight is 434 g/mol. The molecule has 0 saturated carbocycles. The van der Waals surface area contributed by atoms with Gasteiger partial charge in [-0.05, 0) is 42.0 Å². The fourth-order valence-corrected chi connectivity index (χ4v) is 3.97. The molecule has 2 amide bonds. The number of hydrogen-bond acceptors (Lipinski definition) is 5. The lowest BCUT2D eigenvalue weighted by atomic mass is 10.2. The molecule has 0 fully saturated rings. The Bertz CT molecular complexity index is 976. The third kappa shape index (κ3) is 6.95. The number of thioether (sulfide) groups is 1. The van der Waals surface area contributed by atoms with Crippen LogP contribution in [0.15, 0.2) is 58.3 Å². The van der Waals surface area contributed by atoms with Gasteiger partial charge < -0.3 is 10.6 Å². The van der Waals surface area contributed by atoms with Gasteiger partial charge in [0.25, 0.3) is 0 Å². The number of thiazole rings is 1. The zero-order chi connectivity index (χ0) is 20.6. The van der Waals surface area contributed by atoms with E-state index >= 15 is 0 Å². The topological polar surface area (TPSA) is 71.1 Å². The van der Waals surface area contributed by atoms with Gasteiger partial charge in [-0.3, -0.25) is 9.59 Å². The standard InChI is InChI=1S/C20H17F2N3O2S2/c21-14-3-1-13(2-4-14)10-23-18(26)9-17-11-28-20(25-17)29-12-19(27)24-16-7-5-15(22)6-8-16/h1-8,11H,9-10,12H2,(H,23,26)(H,24,27). The van der Waals surface area contributed by atoms with Crippen LogP contribution in [0.25, 0.3) is 0 Å². The first kappa shape index (κ1) is 20.9. The van der Waals surface area contributed by atoms with Crippen molar-refractivity contribution in [2.45, 2.75) is 17.3 Å². The SMILES string of the molecule is O=C(Cc1csc(SCC(=O)Nc2ccc(F)cc2)n1)NCc1ccc(F)cc1. The molecule has 0 aliphatic rings. The predicted octanol–water partition coefficient (Wildman–Crippen LogP) is 4.01. The molecule has 3 rings (SSSR count). The van der Waals surface area contributed by atoms with Crippen molar-refractivity contribution >= 4 is 40.6 Å². The first-order chi connectivity index (χ1) is 14.0. The molecule has 2 aromatic carbocycles. The quantitative estimate of drug-likeness (QED) is 0.527. The smallest absolute Gasteiger partial charge is 0.234 e. The molecular weight excluding hydrogens is 416 g/mol. The molecule has 1 aromatic heterocycles. The van der Waals surface area contributed by atoms with Gasteiger partial charge in [0, 0.05) is 17.6 Å². The van der Waals surface area contributed by atoms with Crippen LogP contribution >= 0.6 is 23.1 Å². The van der Waals surface area contributed by atoms with Crippen LogP contribution in [0.1, 0.15) is 11.3 Å². The Labute approximate surface area is 174 Å². The summed E-state index contributed by atoms with van der Waals surface area (Å²) < 4.78 is 26.4. The molecule has 0 spiro atoms. The first-order valence-corrected chi connectivity index (χ1v) is 10.5. The fraction of sp³-hybridized carbons (Fsp3) is 0.150. The van der Waals surface area contributed by atoms with Gasteiger partial charge in [0.15, 0.2) is 4.34 Å². The molecule has 0 saturated heterocycles. The van der Waals surface area contributed by atoms with Crippen LogP contribution in [0, 0.1) is 11.6 Å². The number of nitrogens with one attached hydrogen (secondary N) is 2. The molecule has 0 radical (unpaired) electrons. The summed E-state index contributed by atoms with van der Waals surface area (Å²) in [5, 5.41) is 7.22. The van der Waals surface area contributed by atoms with E-state index in [1.54, 1.807) is 17.5 Å². The number of nitrogens with zero attached hydrogens (tertiary/aromatic N) is 1. The molecule has 5 nitrogen and oxygen atoms in total. The molecule has 29 heavy (non-hydrogen) atoms. The van der Waals surface area contributed by atoms with Crippen molar-refractivity contribution in [3.05, 3.63) is 76.8 Å². The van der Waals surface area contributed by atoms with Crippen LogP contribution in [0.2, 0.25) is 0 Å². The Hall–Kier alpha value is -2.78. The van der Waals surface area contributed by atoms with Crippen LogP contribution in [0.5, 0.6) is 0 Å². The summed E-state index contributed by atoms with van der Waals surface area (Å²) in [6.45, 7) is 0.314. The second-order valence-electron chi connectivity index (χ2n) is 6.03. The molecule has 150 valence electrons. The minimum Gasteiger partial charge on any atom is -0.352 e. The highest BCUT2D eigenvalue weighted by Crippen LogP contribution is 2.23. The van der Waals surface area contributed by atoms with Crippen molar-refractivity contribution in [3.8, 4) is 0 Å².